The summed E-state index contributed by atoms with van der Waals surface area (Å²) in [5, 5.41) is 5.82. The normalized spacial score (nSPS) is 11.1. The van der Waals surface area contributed by atoms with E-state index < -0.39 is 0 Å². The van der Waals surface area contributed by atoms with Gasteiger partial charge in [-0.15, -0.1) is 11.3 Å². The maximum absolute atomic E-state index is 5.93. The summed E-state index contributed by atoms with van der Waals surface area (Å²) in [6, 6.07) is 7.72. The summed E-state index contributed by atoms with van der Waals surface area (Å²) < 4.78 is 2.96. The lowest BCUT2D eigenvalue weighted by molar-refractivity contribution is 0.775. The predicted octanol–water partition coefficient (Wildman–Crippen LogP) is 3.35. The van der Waals surface area contributed by atoms with Gasteiger partial charge in [-0.25, -0.2) is 4.98 Å². The van der Waals surface area contributed by atoms with Crippen LogP contribution >= 0.6 is 22.9 Å². The minimum atomic E-state index is 0.717. The van der Waals surface area contributed by atoms with Crippen LogP contribution in [0.15, 0.2) is 30.5 Å². The van der Waals surface area contributed by atoms with Crippen LogP contribution in [0.1, 0.15) is 0 Å². The van der Waals surface area contributed by atoms with Gasteiger partial charge in [0.05, 0.1) is 15.9 Å². The molecule has 0 amide bonds. The molecule has 0 saturated carbocycles. The van der Waals surface area contributed by atoms with E-state index in [0.29, 0.717) is 5.02 Å². The summed E-state index contributed by atoms with van der Waals surface area (Å²) in [5.41, 5.74) is 1.96. The average molecular weight is 250 g/mol. The maximum atomic E-state index is 5.93. The van der Waals surface area contributed by atoms with Crippen molar-refractivity contribution in [1.82, 2.24) is 14.8 Å². The Kier molecular flexibility index (Phi) is 2.19. The number of nitrogens with zero attached hydrogens (tertiary/aromatic N) is 3. The molecule has 2 heterocycles. The summed E-state index contributed by atoms with van der Waals surface area (Å²) >= 11 is 7.58. The molecule has 0 aliphatic carbocycles. The number of halogens is 1. The third-order valence-corrected chi connectivity index (χ3v) is 3.68. The van der Waals surface area contributed by atoms with Gasteiger partial charge in [0, 0.05) is 18.3 Å². The second kappa shape index (κ2) is 3.57. The van der Waals surface area contributed by atoms with E-state index >= 15 is 0 Å². The van der Waals surface area contributed by atoms with Crippen LogP contribution in [0.25, 0.3) is 20.9 Å². The second-order valence-electron chi connectivity index (χ2n) is 3.47. The van der Waals surface area contributed by atoms with Gasteiger partial charge in [-0.3, -0.25) is 4.68 Å². The van der Waals surface area contributed by atoms with E-state index in [2.05, 4.69) is 10.1 Å². The van der Waals surface area contributed by atoms with Gasteiger partial charge in [0.1, 0.15) is 5.01 Å². The maximum Gasteiger partial charge on any atom is 0.142 e. The van der Waals surface area contributed by atoms with Crippen molar-refractivity contribution in [3.8, 4) is 10.7 Å². The Balaban J connectivity index is 2.23. The molecule has 0 aliphatic heterocycles. The predicted molar refractivity (Wildman–Crippen MR) is 66.8 cm³/mol. The summed E-state index contributed by atoms with van der Waals surface area (Å²) in [7, 11) is 1.91. The van der Waals surface area contributed by atoms with E-state index in [0.717, 1.165) is 20.9 Å². The van der Waals surface area contributed by atoms with Crippen molar-refractivity contribution in [1.29, 1.82) is 0 Å². The summed E-state index contributed by atoms with van der Waals surface area (Å²) in [6.45, 7) is 0. The summed E-state index contributed by atoms with van der Waals surface area (Å²) in [5.74, 6) is 0. The van der Waals surface area contributed by atoms with Crippen molar-refractivity contribution in [2.45, 2.75) is 0 Å². The first-order valence-corrected chi connectivity index (χ1v) is 5.98. The zero-order valence-electron chi connectivity index (χ0n) is 8.51. The van der Waals surface area contributed by atoms with Gasteiger partial charge >= 0.3 is 0 Å². The number of hydrogen-bond donors (Lipinski definition) is 0. The number of thiazole rings is 1. The molecule has 0 radical (unpaired) electrons. The van der Waals surface area contributed by atoms with E-state index in [-0.39, 0.29) is 0 Å². The number of fused-ring (bicyclic) bond motifs is 1. The minimum absolute atomic E-state index is 0.717. The molecule has 0 N–H and O–H groups in total. The van der Waals surface area contributed by atoms with Gasteiger partial charge in [-0.05, 0) is 24.3 Å². The fraction of sp³-hybridized carbons (Fsp3) is 0.0909. The van der Waals surface area contributed by atoms with Crippen molar-refractivity contribution in [2.24, 2.45) is 7.05 Å². The van der Waals surface area contributed by atoms with Crippen molar-refractivity contribution >= 4 is 33.2 Å². The molecule has 1 aromatic carbocycles. The molecule has 0 fully saturated rings. The fourth-order valence-electron chi connectivity index (χ4n) is 1.59. The summed E-state index contributed by atoms with van der Waals surface area (Å²) in [4.78, 5) is 4.55. The van der Waals surface area contributed by atoms with Gasteiger partial charge < -0.3 is 0 Å². The van der Waals surface area contributed by atoms with Crippen LogP contribution in [0.4, 0.5) is 0 Å². The van der Waals surface area contributed by atoms with E-state index in [1.165, 1.54) is 0 Å². The first-order valence-electron chi connectivity index (χ1n) is 4.78. The third kappa shape index (κ3) is 1.50. The molecule has 0 unspecified atom stereocenters. The smallest absolute Gasteiger partial charge is 0.142 e. The number of aromatic nitrogens is 3. The van der Waals surface area contributed by atoms with Gasteiger partial charge in [-0.2, -0.15) is 5.10 Å². The van der Waals surface area contributed by atoms with Crippen LogP contribution in [-0.2, 0) is 7.05 Å². The first-order chi connectivity index (χ1) is 7.74. The molecule has 0 aliphatic rings. The van der Waals surface area contributed by atoms with E-state index in [1.807, 2.05) is 36.0 Å². The molecule has 3 rings (SSSR count). The SMILES string of the molecule is Cn1nccc1-c1nc2cc(Cl)ccc2s1. The lowest BCUT2D eigenvalue weighted by Gasteiger charge is -1.94. The molecule has 3 aromatic rings. The Labute approximate surface area is 101 Å². The Bertz CT molecular complexity index is 656. The van der Waals surface area contributed by atoms with Crippen molar-refractivity contribution in [3.63, 3.8) is 0 Å². The van der Waals surface area contributed by atoms with Crippen molar-refractivity contribution in [2.75, 3.05) is 0 Å². The zero-order chi connectivity index (χ0) is 11.1. The molecule has 0 bridgehead atoms. The molecule has 3 nitrogen and oxygen atoms in total. The zero-order valence-corrected chi connectivity index (χ0v) is 10.1. The third-order valence-electron chi connectivity index (χ3n) is 2.39. The van der Waals surface area contributed by atoms with Crippen LogP contribution < -0.4 is 0 Å². The van der Waals surface area contributed by atoms with Gasteiger partial charge in [0.25, 0.3) is 0 Å². The topological polar surface area (TPSA) is 30.7 Å². The number of hydrogen-bond acceptors (Lipinski definition) is 3. The standard InChI is InChI=1S/C11H8ClN3S/c1-15-9(4-5-13-15)11-14-8-6-7(12)2-3-10(8)16-11/h2-6H,1H3. The molecule has 0 atom stereocenters. The number of benzene rings is 1. The average Bonchev–Trinajstić information content (AvgIpc) is 2.82. The Morgan fingerprint density at radius 2 is 2.19 bits per heavy atom. The number of aryl methyl sites for hydroxylation is 1. The Hall–Kier alpha value is -1.39. The minimum Gasteiger partial charge on any atom is -0.266 e. The van der Waals surface area contributed by atoms with E-state index in [1.54, 1.807) is 17.5 Å². The molecule has 2 aromatic heterocycles. The lowest BCUT2D eigenvalue weighted by Crippen LogP contribution is -1.92. The monoisotopic (exact) mass is 249 g/mol. The van der Waals surface area contributed by atoms with E-state index in [9.17, 15) is 0 Å². The summed E-state index contributed by atoms with van der Waals surface area (Å²) in [6.07, 6.45) is 1.77. The first kappa shape index (κ1) is 9.81. The molecule has 0 saturated heterocycles. The van der Waals surface area contributed by atoms with Crippen molar-refractivity contribution in [3.05, 3.63) is 35.5 Å². The molecule has 0 spiro atoms. The molecule has 5 heteroatoms. The quantitative estimate of drug-likeness (QED) is 0.662. The van der Waals surface area contributed by atoms with Crippen molar-refractivity contribution < 1.29 is 0 Å². The second-order valence-corrected chi connectivity index (χ2v) is 4.94. The van der Waals surface area contributed by atoms with E-state index in [4.69, 9.17) is 11.6 Å². The van der Waals surface area contributed by atoms with Crippen LogP contribution in [0.3, 0.4) is 0 Å². The fourth-order valence-corrected chi connectivity index (χ4v) is 2.76. The highest BCUT2D eigenvalue weighted by Crippen LogP contribution is 2.30. The highest BCUT2D eigenvalue weighted by molar-refractivity contribution is 7.21. The lowest BCUT2D eigenvalue weighted by atomic mass is 10.3. The van der Waals surface area contributed by atoms with Gasteiger partial charge in [0.15, 0.2) is 0 Å². The number of rotatable bonds is 1. The molecular formula is C11H8ClN3S. The van der Waals surface area contributed by atoms with Crippen LogP contribution in [0.5, 0.6) is 0 Å². The Morgan fingerprint density at radius 1 is 1.31 bits per heavy atom. The van der Waals surface area contributed by atoms with Crippen LogP contribution in [0, 0.1) is 0 Å². The Morgan fingerprint density at radius 3 is 2.94 bits per heavy atom. The molecule has 80 valence electrons. The highest BCUT2D eigenvalue weighted by atomic mass is 35.5. The van der Waals surface area contributed by atoms with Crippen LogP contribution in [0.2, 0.25) is 5.02 Å². The van der Waals surface area contributed by atoms with Gasteiger partial charge in [-0.1, -0.05) is 11.6 Å². The highest BCUT2D eigenvalue weighted by Gasteiger charge is 2.09. The molecule has 16 heavy (non-hydrogen) atoms. The van der Waals surface area contributed by atoms with Crippen LogP contribution in [-0.4, -0.2) is 14.8 Å². The molecular weight excluding hydrogens is 242 g/mol. The largest absolute Gasteiger partial charge is 0.266 e. The van der Waals surface area contributed by atoms with Gasteiger partial charge in [0.2, 0.25) is 0 Å².